The summed E-state index contributed by atoms with van der Waals surface area (Å²) in [6.45, 7) is 6.75. The number of aryl methyl sites for hydroxylation is 1. The lowest BCUT2D eigenvalue weighted by Crippen LogP contribution is -2.20. The van der Waals surface area contributed by atoms with E-state index in [1.165, 1.54) is 0 Å². The zero-order valence-electron chi connectivity index (χ0n) is 9.43. The highest BCUT2D eigenvalue weighted by atomic mass is 79.9. The van der Waals surface area contributed by atoms with Gasteiger partial charge in [-0.05, 0) is 46.3 Å². The van der Waals surface area contributed by atoms with Crippen molar-refractivity contribution >= 4 is 31.9 Å². The lowest BCUT2D eigenvalue weighted by molar-refractivity contribution is 0.385. The number of hydrogen-bond acceptors (Lipinski definition) is 1. The van der Waals surface area contributed by atoms with Crippen LogP contribution in [-0.4, -0.2) is 9.81 Å². The van der Waals surface area contributed by atoms with Crippen LogP contribution in [0.25, 0.3) is 0 Å². The number of pyridine rings is 1. The Morgan fingerprint density at radius 3 is 2.47 bits per heavy atom. The van der Waals surface area contributed by atoms with E-state index < -0.39 is 0 Å². The molecule has 0 aliphatic heterocycles. The van der Waals surface area contributed by atoms with E-state index in [1.807, 2.05) is 12.3 Å². The topological polar surface area (TPSA) is 12.9 Å². The van der Waals surface area contributed by atoms with Gasteiger partial charge in [-0.25, -0.2) is 0 Å². The lowest BCUT2D eigenvalue weighted by atomic mass is 9.89. The van der Waals surface area contributed by atoms with Crippen molar-refractivity contribution in [3.63, 3.8) is 0 Å². The standard InChI is InChI=1S/C12H17Br2N/c1-12(2,3)11(14)7-6-10-5-4-9(13)8-15-10/h4-5,8,11H,6-7H2,1-3H3. The molecule has 0 aliphatic rings. The van der Waals surface area contributed by atoms with E-state index >= 15 is 0 Å². The van der Waals surface area contributed by atoms with Gasteiger partial charge in [0.2, 0.25) is 0 Å². The summed E-state index contributed by atoms with van der Waals surface area (Å²) in [7, 11) is 0. The van der Waals surface area contributed by atoms with Crippen molar-refractivity contribution in [2.75, 3.05) is 0 Å². The Labute approximate surface area is 109 Å². The number of nitrogens with zero attached hydrogens (tertiary/aromatic N) is 1. The van der Waals surface area contributed by atoms with E-state index in [4.69, 9.17) is 0 Å². The molecule has 0 amide bonds. The van der Waals surface area contributed by atoms with Gasteiger partial charge in [0, 0.05) is 21.2 Å². The molecule has 3 heteroatoms. The number of halogens is 2. The number of aromatic nitrogens is 1. The third-order valence-corrected chi connectivity index (χ3v) is 4.68. The minimum atomic E-state index is 0.315. The first-order chi connectivity index (χ1) is 6.89. The van der Waals surface area contributed by atoms with Crippen LogP contribution in [0.15, 0.2) is 22.8 Å². The van der Waals surface area contributed by atoms with Crippen LogP contribution in [-0.2, 0) is 6.42 Å². The molecule has 0 aromatic carbocycles. The fourth-order valence-electron chi connectivity index (χ4n) is 1.26. The maximum Gasteiger partial charge on any atom is 0.0413 e. The summed E-state index contributed by atoms with van der Waals surface area (Å²) in [6, 6.07) is 4.12. The minimum Gasteiger partial charge on any atom is -0.260 e. The van der Waals surface area contributed by atoms with Crippen molar-refractivity contribution < 1.29 is 0 Å². The van der Waals surface area contributed by atoms with Gasteiger partial charge in [-0.2, -0.15) is 0 Å². The smallest absolute Gasteiger partial charge is 0.0413 e. The maximum atomic E-state index is 4.36. The van der Waals surface area contributed by atoms with Crippen LogP contribution in [0.2, 0.25) is 0 Å². The first-order valence-corrected chi connectivity index (χ1v) is 6.85. The molecule has 1 rings (SSSR count). The SMILES string of the molecule is CC(C)(C)C(Br)CCc1ccc(Br)cn1. The third kappa shape index (κ3) is 4.64. The van der Waals surface area contributed by atoms with Crippen molar-refractivity contribution in [3.8, 4) is 0 Å². The van der Waals surface area contributed by atoms with Crippen LogP contribution in [0.1, 0.15) is 32.9 Å². The van der Waals surface area contributed by atoms with Crippen molar-refractivity contribution in [2.24, 2.45) is 5.41 Å². The van der Waals surface area contributed by atoms with Crippen LogP contribution >= 0.6 is 31.9 Å². The first-order valence-electron chi connectivity index (χ1n) is 5.14. The molecule has 84 valence electrons. The largest absolute Gasteiger partial charge is 0.260 e. The molecule has 0 aliphatic carbocycles. The van der Waals surface area contributed by atoms with Gasteiger partial charge >= 0.3 is 0 Å². The molecule has 15 heavy (non-hydrogen) atoms. The van der Waals surface area contributed by atoms with Gasteiger partial charge in [0.1, 0.15) is 0 Å². The van der Waals surface area contributed by atoms with E-state index in [0.29, 0.717) is 10.2 Å². The fraction of sp³-hybridized carbons (Fsp3) is 0.583. The zero-order valence-corrected chi connectivity index (χ0v) is 12.6. The van der Waals surface area contributed by atoms with E-state index in [9.17, 15) is 0 Å². The monoisotopic (exact) mass is 333 g/mol. The summed E-state index contributed by atoms with van der Waals surface area (Å²) < 4.78 is 1.04. The van der Waals surface area contributed by atoms with Crippen LogP contribution in [0.5, 0.6) is 0 Å². The Bertz CT molecular complexity index is 300. The Morgan fingerprint density at radius 1 is 1.33 bits per heavy atom. The molecule has 0 saturated heterocycles. The molecule has 1 aromatic heterocycles. The summed E-state index contributed by atoms with van der Waals surface area (Å²) in [5.41, 5.74) is 1.47. The van der Waals surface area contributed by atoms with Crippen molar-refractivity contribution in [2.45, 2.75) is 38.4 Å². The number of rotatable bonds is 3. The van der Waals surface area contributed by atoms with E-state index in [-0.39, 0.29) is 0 Å². The van der Waals surface area contributed by atoms with Crippen molar-refractivity contribution in [1.29, 1.82) is 0 Å². The van der Waals surface area contributed by atoms with Gasteiger partial charge < -0.3 is 0 Å². The summed E-state index contributed by atoms with van der Waals surface area (Å²) in [5.74, 6) is 0. The normalized spacial score (nSPS) is 13.9. The molecule has 0 saturated carbocycles. The highest BCUT2D eigenvalue weighted by Gasteiger charge is 2.21. The molecule has 1 heterocycles. The second kappa shape index (κ2) is 5.44. The lowest BCUT2D eigenvalue weighted by Gasteiger charge is -2.25. The minimum absolute atomic E-state index is 0.315. The summed E-state index contributed by atoms with van der Waals surface area (Å²) in [4.78, 5) is 4.90. The molecule has 1 atom stereocenters. The van der Waals surface area contributed by atoms with Gasteiger partial charge in [0.25, 0.3) is 0 Å². The predicted octanol–water partition coefficient (Wildman–Crippen LogP) is 4.59. The van der Waals surface area contributed by atoms with E-state index in [0.717, 1.165) is 23.0 Å². The summed E-state index contributed by atoms with van der Waals surface area (Å²) in [6.07, 6.45) is 4.01. The second-order valence-electron chi connectivity index (χ2n) is 4.84. The van der Waals surface area contributed by atoms with Gasteiger partial charge in [0.05, 0.1) is 0 Å². The molecule has 0 spiro atoms. The van der Waals surface area contributed by atoms with Crippen LogP contribution in [0, 0.1) is 5.41 Å². The van der Waals surface area contributed by atoms with Gasteiger partial charge in [-0.15, -0.1) is 0 Å². The number of alkyl halides is 1. The van der Waals surface area contributed by atoms with E-state index in [2.05, 4.69) is 63.7 Å². The van der Waals surface area contributed by atoms with Gasteiger partial charge in [-0.1, -0.05) is 36.7 Å². The average Bonchev–Trinajstić information content (AvgIpc) is 2.15. The van der Waals surface area contributed by atoms with Crippen LogP contribution in [0.3, 0.4) is 0 Å². The van der Waals surface area contributed by atoms with Crippen LogP contribution < -0.4 is 0 Å². The van der Waals surface area contributed by atoms with Crippen molar-refractivity contribution in [3.05, 3.63) is 28.5 Å². The van der Waals surface area contributed by atoms with Gasteiger partial charge in [0.15, 0.2) is 0 Å². The quantitative estimate of drug-likeness (QED) is 0.737. The second-order valence-corrected chi connectivity index (χ2v) is 6.86. The fourth-order valence-corrected chi connectivity index (χ4v) is 1.73. The molecule has 1 unspecified atom stereocenters. The third-order valence-electron chi connectivity index (χ3n) is 2.38. The molecule has 0 fully saturated rings. The van der Waals surface area contributed by atoms with E-state index in [1.54, 1.807) is 0 Å². The highest BCUT2D eigenvalue weighted by Crippen LogP contribution is 2.29. The molecule has 0 N–H and O–H groups in total. The zero-order chi connectivity index (χ0) is 11.5. The summed E-state index contributed by atoms with van der Waals surface area (Å²) >= 11 is 7.12. The first kappa shape index (κ1) is 13.2. The molecule has 0 bridgehead atoms. The Hall–Kier alpha value is 0.110. The molecular formula is C12H17Br2N. The molecule has 1 nitrogen and oxygen atoms in total. The highest BCUT2D eigenvalue weighted by molar-refractivity contribution is 9.10. The number of hydrogen-bond donors (Lipinski definition) is 0. The van der Waals surface area contributed by atoms with Gasteiger partial charge in [-0.3, -0.25) is 4.98 Å². The Kier molecular flexibility index (Phi) is 4.78. The van der Waals surface area contributed by atoms with Crippen molar-refractivity contribution in [1.82, 2.24) is 4.98 Å². The maximum absolute atomic E-state index is 4.36. The average molecular weight is 335 g/mol. The Balaban J connectivity index is 2.47. The predicted molar refractivity (Wildman–Crippen MR) is 72.4 cm³/mol. The molecule has 1 aromatic rings. The molecule has 0 radical (unpaired) electrons. The van der Waals surface area contributed by atoms with Crippen LogP contribution in [0.4, 0.5) is 0 Å². The summed E-state index contributed by atoms with van der Waals surface area (Å²) in [5, 5.41) is 0. The Morgan fingerprint density at radius 2 is 2.00 bits per heavy atom. The molecular weight excluding hydrogens is 318 g/mol.